The molecular weight excluding hydrogens is 206 g/mol. The van der Waals surface area contributed by atoms with Crippen molar-refractivity contribution in [2.75, 3.05) is 26.1 Å². The molecule has 1 aromatic rings. The first-order valence-corrected chi connectivity index (χ1v) is 4.88. The molecule has 16 heavy (non-hydrogen) atoms. The summed E-state index contributed by atoms with van der Waals surface area (Å²) < 4.78 is 9.55. The van der Waals surface area contributed by atoms with Gasteiger partial charge in [0.2, 0.25) is 0 Å². The van der Waals surface area contributed by atoms with Gasteiger partial charge < -0.3 is 14.8 Å². The first-order chi connectivity index (χ1) is 7.76. The molecule has 0 unspecified atom stereocenters. The highest BCUT2D eigenvalue weighted by Crippen LogP contribution is 2.16. The fourth-order valence-corrected chi connectivity index (χ4v) is 1.13. The van der Waals surface area contributed by atoms with E-state index < -0.39 is 0 Å². The van der Waals surface area contributed by atoms with Gasteiger partial charge in [-0.1, -0.05) is 12.1 Å². The normalized spacial score (nSPS) is 10.1. The van der Waals surface area contributed by atoms with Crippen LogP contribution >= 0.6 is 0 Å². The molecule has 1 N–H and O–H groups in total. The SMILES string of the molecule is COC(=O)/C=C/CNc1cccc(OC)c1. The van der Waals surface area contributed by atoms with Crippen LogP contribution in [0.5, 0.6) is 5.75 Å². The maximum Gasteiger partial charge on any atom is 0.330 e. The number of nitrogens with one attached hydrogen (secondary N) is 1. The molecule has 4 heteroatoms. The lowest BCUT2D eigenvalue weighted by Crippen LogP contribution is -2.00. The molecular formula is C12H15NO3. The third kappa shape index (κ3) is 4.04. The van der Waals surface area contributed by atoms with Gasteiger partial charge >= 0.3 is 5.97 Å². The average molecular weight is 221 g/mol. The molecule has 0 aliphatic rings. The summed E-state index contributed by atoms with van der Waals surface area (Å²) in [5.41, 5.74) is 0.939. The summed E-state index contributed by atoms with van der Waals surface area (Å²) in [6.07, 6.45) is 3.08. The summed E-state index contributed by atoms with van der Waals surface area (Å²) in [5.74, 6) is 0.439. The number of esters is 1. The molecule has 0 aromatic heterocycles. The standard InChI is InChI=1S/C12H15NO3/c1-15-11-6-3-5-10(9-11)13-8-4-7-12(14)16-2/h3-7,9,13H,8H2,1-2H3/b7-4+. The van der Waals surface area contributed by atoms with Gasteiger partial charge in [-0.2, -0.15) is 0 Å². The van der Waals surface area contributed by atoms with E-state index in [2.05, 4.69) is 10.1 Å². The minimum atomic E-state index is -0.354. The van der Waals surface area contributed by atoms with Crippen LogP contribution in [-0.2, 0) is 9.53 Å². The maximum absolute atomic E-state index is 10.8. The molecule has 0 saturated carbocycles. The zero-order chi connectivity index (χ0) is 11.8. The lowest BCUT2D eigenvalue weighted by Gasteiger charge is -2.05. The molecule has 0 amide bonds. The number of methoxy groups -OCH3 is 2. The molecule has 1 aromatic carbocycles. The summed E-state index contributed by atoms with van der Waals surface area (Å²) in [6, 6.07) is 7.57. The molecule has 1 rings (SSSR count). The van der Waals surface area contributed by atoms with E-state index >= 15 is 0 Å². The third-order valence-corrected chi connectivity index (χ3v) is 1.95. The van der Waals surface area contributed by atoms with Crippen molar-refractivity contribution in [1.82, 2.24) is 0 Å². The van der Waals surface area contributed by atoms with Crippen LogP contribution in [0.15, 0.2) is 36.4 Å². The van der Waals surface area contributed by atoms with Gasteiger partial charge in [-0.25, -0.2) is 4.79 Å². The van der Waals surface area contributed by atoms with E-state index in [4.69, 9.17) is 4.74 Å². The third-order valence-electron chi connectivity index (χ3n) is 1.95. The van der Waals surface area contributed by atoms with Crippen LogP contribution in [0, 0.1) is 0 Å². The van der Waals surface area contributed by atoms with Gasteiger partial charge in [-0.3, -0.25) is 0 Å². The van der Waals surface area contributed by atoms with Crippen molar-refractivity contribution in [1.29, 1.82) is 0 Å². The summed E-state index contributed by atoms with van der Waals surface area (Å²) in [6.45, 7) is 0.558. The van der Waals surface area contributed by atoms with E-state index in [-0.39, 0.29) is 5.97 Å². The Morgan fingerprint density at radius 1 is 1.44 bits per heavy atom. The van der Waals surface area contributed by atoms with Crippen LogP contribution in [0.25, 0.3) is 0 Å². The van der Waals surface area contributed by atoms with E-state index in [1.807, 2.05) is 24.3 Å². The molecule has 0 atom stereocenters. The van der Waals surface area contributed by atoms with Crippen LogP contribution in [0.3, 0.4) is 0 Å². The van der Waals surface area contributed by atoms with Gasteiger partial charge in [0.1, 0.15) is 5.75 Å². The first kappa shape index (κ1) is 12.1. The van der Waals surface area contributed by atoms with Crippen molar-refractivity contribution in [2.45, 2.75) is 0 Å². The van der Waals surface area contributed by atoms with Crippen LogP contribution < -0.4 is 10.1 Å². The quantitative estimate of drug-likeness (QED) is 0.608. The lowest BCUT2D eigenvalue weighted by atomic mass is 10.3. The Kier molecular flexibility index (Phi) is 4.92. The number of ether oxygens (including phenoxy) is 2. The predicted octanol–water partition coefficient (Wildman–Crippen LogP) is 1.84. The second-order valence-corrected chi connectivity index (χ2v) is 3.04. The largest absolute Gasteiger partial charge is 0.497 e. The van der Waals surface area contributed by atoms with Crippen molar-refractivity contribution >= 4 is 11.7 Å². The van der Waals surface area contributed by atoms with Crippen molar-refractivity contribution in [3.8, 4) is 5.75 Å². The van der Waals surface area contributed by atoms with Gasteiger partial charge in [-0.05, 0) is 12.1 Å². The molecule has 0 fully saturated rings. The van der Waals surface area contributed by atoms with Crippen molar-refractivity contribution in [3.05, 3.63) is 36.4 Å². The number of hydrogen-bond acceptors (Lipinski definition) is 4. The number of benzene rings is 1. The zero-order valence-corrected chi connectivity index (χ0v) is 9.40. The smallest absolute Gasteiger partial charge is 0.330 e. The summed E-state index contributed by atoms with van der Waals surface area (Å²) >= 11 is 0. The van der Waals surface area contributed by atoms with Gasteiger partial charge in [-0.15, -0.1) is 0 Å². The topological polar surface area (TPSA) is 47.6 Å². The highest BCUT2D eigenvalue weighted by atomic mass is 16.5. The average Bonchev–Trinajstić information content (AvgIpc) is 2.34. The monoisotopic (exact) mass is 221 g/mol. The second kappa shape index (κ2) is 6.50. The highest BCUT2D eigenvalue weighted by molar-refractivity contribution is 5.81. The van der Waals surface area contributed by atoms with Gasteiger partial charge in [0.25, 0.3) is 0 Å². The minimum Gasteiger partial charge on any atom is -0.497 e. The number of carbonyl (C=O) groups excluding carboxylic acids is 1. The van der Waals surface area contributed by atoms with Crippen molar-refractivity contribution in [3.63, 3.8) is 0 Å². The summed E-state index contributed by atoms with van der Waals surface area (Å²) in [5, 5.41) is 3.12. The first-order valence-electron chi connectivity index (χ1n) is 4.88. The second-order valence-electron chi connectivity index (χ2n) is 3.04. The predicted molar refractivity (Wildman–Crippen MR) is 62.6 cm³/mol. The van der Waals surface area contributed by atoms with E-state index in [0.29, 0.717) is 6.54 Å². The van der Waals surface area contributed by atoms with Crippen LogP contribution in [0.2, 0.25) is 0 Å². The number of carbonyl (C=O) groups is 1. The number of hydrogen-bond donors (Lipinski definition) is 1. The summed E-state index contributed by atoms with van der Waals surface area (Å²) in [7, 11) is 2.97. The van der Waals surface area contributed by atoms with Crippen molar-refractivity contribution < 1.29 is 14.3 Å². The van der Waals surface area contributed by atoms with Crippen LogP contribution in [0.1, 0.15) is 0 Å². The molecule has 86 valence electrons. The van der Waals surface area contributed by atoms with E-state index in [0.717, 1.165) is 11.4 Å². The van der Waals surface area contributed by atoms with Gasteiger partial charge in [0.15, 0.2) is 0 Å². The Morgan fingerprint density at radius 2 is 2.25 bits per heavy atom. The van der Waals surface area contributed by atoms with Crippen LogP contribution in [-0.4, -0.2) is 26.7 Å². The molecule has 0 aliphatic heterocycles. The van der Waals surface area contributed by atoms with Crippen LogP contribution in [0.4, 0.5) is 5.69 Å². The fourth-order valence-electron chi connectivity index (χ4n) is 1.13. The molecule has 4 nitrogen and oxygen atoms in total. The molecule has 0 radical (unpaired) electrons. The Hall–Kier alpha value is -1.97. The van der Waals surface area contributed by atoms with E-state index in [1.54, 1.807) is 13.2 Å². The maximum atomic E-state index is 10.8. The number of rotatable bonds is 5. The number of anilines is 1. The highest BCUT2D eigenvalue weighted by Gasteiger charge is 1.93. The zero-order valence-electron chi connectivity index (χ0n) is 9.40. The van der Waals surface area contributed by atoms with E-state index in [9.17, 15) is 4.79 Å². The lowest BCUT2D eigenvalue weighted by molar-refractivity contribution is -0.134. The minimum absolute atomic E-state index is 0.354. The molecule has 0 spiro atoms. The molecule has 0 saturated heterocycles. The molecule has 0 aliphatic carbocycles. The van der Waals surface area contributed by atoms with E-state index in [1.165, 1.54) is 13.2 Å². The fraction of sp³-hybridized carbons (Fsp3) is 0.250. The molecule has 0 heterocycles. The van der Waals surface area contributed by atoms with Gasteiger partial charge in [0, 0.05) is 24.4 Å². The summed E-state index contributed by atoms with van der Waals surface area (Å²) in [4.78, 5) is 10.8. The Labute approximate surface area is 94.9 Å². The Balaban J connectivity index is 2.42. The van der Waals surface area contributed by atoms with Crippen molar-refractivity contribution in [2.24, 2.45) is 0 Å². The van der Waals surface area contributed by atoms with Gasteiger partial charge in [0.05, 0.1) is 14.2 Å². The molecule has 0 bridgehead atoms. The Morgan fingerprint density at radius 3 is 2.94 bits per heavy atom. The Bertz CT molecular complexity index is 374.